The van der Waals surface area contributed by atoms with E-state index < -0.39 is 0 Å². The predicted octanol–water partition coefficient (Wildman–Crippen LogP) is 9.81. The van der Waals surface area contributed by atoms with Gasteiger partial charge in [-0.15, -0.1) is 0 Å². The molecule has 0 heterocycles. The molecule has 4 heteroatoms. The highest BCUT2D eigenvalue weighted by Gasteiger charge is 2.17. The van der Waals surface area contributed by atoms with E-state index in [1.54, 1.807) is 13.8 Å². The van der Waals surface area contributed by atoms with Crippen molar-refractivity contribution in [2.45, 2.75) is 162 Å². The van der Waals surface area contributed by atoms with Crippen molar-refractivity contribution in [1.82, 2.24) is 0 Å². The van der Waals surface area contributed by atoms with Crippen molar-refractivity contribution in [3.8, 4) is 0 Å². The van der Waals surface area contributed by atoms with E-state index >= 15 is 0 Å². The molecule has 4 nitrogen and oxygen atoms in total. The molecular weight excluding hydrogens is 448 g/mol. The third-order valence-corrected chi connectivity index (χ3v) is 6.75. The van der Waals surface area contributed by atoms with Gasteiger partial charge in [0.15, 0.2) is 0 Å². The van der Waals surface area contributed by atoms with Crippen molar-refractivity contribution in [3.63, 3.8) is 0 Å². The molecule has 36 heavy (non-hydrogen) atoms. The molecule has 0 saturated heterocycles. The zero-order valence-electron chi connectivity index (χ0n) is 24.2. The fourth-order valence-corrected chi connectivity index (χ4v) is 4.37. The van der Waals surface area contributed by atoms with Crippen molar-refractivity contribution in [2.75, 3.05) is 6.61 Å². The number of ether oxygens (including phenoxy) is 2. The molecule has 0 aromatic heterocycles. The maximum absolute atomic E-state index is 11.2. The lowest BCUT2D eigenvalue weighted by Crippen LogP contribution is -2.20. The van der Waals surface area contributed by atoms with Crippen LogP contribution in [0.1, 0.15) is 156 Å². The molecule has 1 rings (SSSR count). The lowest BCUT2D eigenvalue weighted by molar-refractivity contribution is -0.145. The first-order valence-corrected chi connectivity index (χ1v) is 15.1. The Morgan fingerprint density at radius 3 is 1.39 bits per heavy atom. The Labute approximate surface area is 223 Å². The Balaban J connectivity index is 0.000000846. The average molecular weight is 507 g/mol. The molecule has 0 aromatic rings. The third-order valence-electron chi connectivity index (χ3n) is 6.75. The first-order chi connectivity index (χ1) is 17.4. The summed E-state index contributed by atoms with van der Waals surface area (Å²) in [5, 5.41) is 0. The Kier molecular flexibility index (Phi) is 24.0. The number of carbonyl (C=O) groups is 2. The molecule has 1 aliphatic carbocycles. The van der Waals surface area contributed by atoms with E-state index in [2.05, 4.69) is 20.1 Å². The number of carbonyl (C=O) groups excluding carboxylic acids is 2. The maximum Gasteiger partial charge on any atom is 0.333 e. The van der Waals surface area contributed by atoms with Crippen molar-refractivity contribution < 1.29 is 19.1 Å². The van der Waals surface area contributed by atoms with E-state index in [1.807, 2.05) is 0 Å². The summed E-state index contributed by atoms with van der Waals surface area (Å²) in [6.07, 6.45) is 27.6. The van der Waals surface area contributed by atoms with E-state index in [0.29, 0.717) is 17.8 Å². The zero-order valence-corrected chi connectivity index (χ0v) is 24.2. The number of hydrogen-bond acceptors (Lipinski definition) is 4. The monoisotopic (exact) mass is 506 g/mol. The Morgan fingerprint density at radius 1 is 0.611 bits per heavy atom. The Morgan fingerprint density at radius 2 is 1.00 bits per heavy atom. The van der Waals surface area contributed by atoms with E-state index in [9.17, 15) is 9.59 Å². The van der Waals surface area contributed by atoms with Gasteiger partial charge in [0.1, 0.15) is 6.10 Å². The molecule has 0 radical (unpaired) electrons. The van der Waals surface area contributed by atoms with Crippen molar-refractivity contribution >= 4 is 11.9 Å². The lowest BCUT2D eigenvalue weighted by atomic mass is 9.98. The molecule has 1 fully saturated rings. The summed E-state index contributed by atoms with van der Waals surface area (Å²) >= 11 is 0. The van der Waals surface area contributed by atoms with Crippen LogP contribution in [0.3, 0.4) is 0 Å². The second kappa shape index (κ2) is 25.1. The molecule has 0 spiro atoms. The van der Waals surface area contributed by atoms with Gasteiger partial charge >= 0.3 is 11.9 Å². The normalized spacial score (nSPS) is 13.4. The van der Waals surface area contributed by atoms with Crippen LogP contribution in [0.5, 0.6) is 0 Å². The van der Waals surface area contributed by atoms with E-state index in [1.165, 1.54) is 116 Å². The van der Waals surface area contributed by atoms with Crippen LogP contribution in [0.25, 0.3) is 0 Å². The van der Waals surface area contributed by atoms with E-state index in [4.69, 9.17) is 9.47 Å². The number of rotatable bonds is 20. The topological polar surface area (TPSA) is 52.6 Å². The smallest absolute Gasteiger partial charge is 0.333 e. The largest absolute Gasteiger partial charge is 0.462 e. The minimum absolute atomic E-state index is 0.156. The minimum atomic E-state index is -0.254. The van der Waals surface area contributed by atoms with Gasteiger partial charge in [0.2, 0.25) is 0 Å². The van der Waals surface area contributed by atoms with E-state index in [0.717, 1.165) is 19.3 Å². The van der Waals surface area contributed by atoms with Gasteiger partial charge in [-0.05, 0) is 46.0 Å². The first kappa shape index (κ1) is 34.4. The number of hydrogen-bond donors (Lipinski definition) is 0. The quantitative estimate of drug-likeness (QED) is 0.0936. The van der Waals surface area contributed by atoms with Gasteiger partial charge in [0.25, 0.3) is 0 Å². The Hall–Kier alpha value is -1.58. The second-order valence-corrected chi connectivity index (χ2v) is 10.7. The van der Waals surface area contributed by atoms with Gasteiger partial charge in [-0.1, -0.05) is 123 Å². The molecule has 1 saturated carbocycles. The van der Waals surface area contributed by atoms with Crippen LogP contribution >= 0.6 is 0 Å². The van der Waals surface area contributed by atoms with Gasteiger partial charge in [-0.25, -0.2) is 9.59 Å². The molecule has 0 aliphatic heterocycles. The molecule has 0 atom stereocenters. The van der Waals surface area contributed by atoms with Crippen LogP contribution in [-0.2, 0) is 19.1 Å². The summed E-state index contributed by atoms with van der Waals surface area (Å²) in [6, 6.07) is 0. The molecule has 1 aliphatic rings. The van der Waals surface area contributed by atoms with Crippen molar-refractivity contribution in [2.24, 2.45) is 0 Å². The highest BCUT2D eigenvalue weighted by molar-refractivity contribution is 5.87. The van der Waals surface area contributed by atoms with Crippen LogP contribution in [0, 0.1) is 0 Å². The van der Waals surface area contributed by atoms with Crippen LogP contribution in [0.2, 0.25) is 0 Å². The standard InChI is InChI=1S/C22H42O2.C10H16O2/c1-4-5-6-7-8-9-10-11-12-13-14-15-16-17-18-19-20-24-22(23)21(2)3;1-8(2)10(11)12-9-6-4-3-5-7-9/h2,4-20H2,1,3H3;9H,1,3-7H2,2H3. The summed E-state index contributed by atoms with van der Waals surface area (Å²) in [7, 11) is 0. The molecule has 0 N–H and O–H groups in total. The minimum Gasteiger partial charge on any atom is -0.462 e. The zero-order chi connectivity index (χ0) is 26.9. The molecule has 0 aromatic carbocycles. The summed E-state index contributed by atoms with van der Waals surface area (Å²) in [5.74, 6) is -0.488. The van der Waals surface area contributed by atoms with Gasteiger partial charge in [-0.2, -0.15) is 0 Å². The van der Waals surface area contributed by atoms with Crippen molar-refractivity contribution in [1.29, 1.82) is 0 Å². The second-order valence-electron chi connectivity index (χ2n) is 10.7. The average Bonchev–Trinajstić information content (AvgIpc) is 2.86. The van der Waals surface area contributed by atoms with Crippen molar-refractivity contribution in [3.05, 3.63) is 24.3 Å². The fraction of sp³-hybridized carbons (Fsp3) is 0.812. The van der Waals surface area contributed by atoms with Crippen LogP contribution in [0.4, 0.5) is 0 Å². The maximum atomic E-state index is 11.2. The summed E-state index contributed by atoms with van der Waals surface area (Å²) in [4.78, 5) is 22.3. The van der Waals surface area contributed by atoms with Gasteiger partial charge < -0.3 is 9.47 Å². The molecule has 210 valence electrons. The molecule has 0 bridgehead atoms. The third kappa shape index (κ3) is 22.9. The van der Waals surface area contributed by atoms with Crippen LogP contribution < -0.4 is 0 Å². The predicted molar refractivity (Wildman–Crippen MR) is 153 cm³/mol. The Bertz CT molecular complexity index is 575. The van der Waals surface area contributed by atoms with Gasteiger partial charge in [0.05, 0.1) is 6.61 Å². The van der Waals surface area contributed by atoms with Crippen LogP contribution in [0.15, 0.2) is 24.3 Å². The summed E-state index contributed by atoms with van der Waals surface area (Å²) < 4.78 is 10.3. The van der Waals surface area contributed by atoms with Gasteiger partial charge in [0, 0.05) is 11.1 Å². The number of esters is 2. The number of unbranched alkanes of at least 4 members (excludes halogenated alkanes) is 15. The molecule has 0 amide bonds. The SMILES string of the molecule is C=C(C)C(=O)OC1CCCCC1.C=C(C)C(=O)OCCCCCCCCCCCCCCCCCC. The summed E-state index contributed by atoms with van der Waals surface area (Å²) in [6.45, 7) is 13.3. The highest BCUT2D eigenvalue weighted by atomic mass is 16.5. The van der Waals surface area contributed by atoms with E-state index in [-0.39, 0.29) is 18.0 Å². The highest BCUT2D eigenvalue weighted by Crippen LogP contribution is 2.21. The molecule has 0 unspecified atom stereocenters. The summed E-state index contributed by atoms with van der Waals surface area (Å²) in [5.41, 5.74) is 0.993. The lowest BCUT2D eigenvalue weighted by Gasteiger charge is -2.21. The van der Waals surface area contributed by atoms with Gasteiger partial charge in [-0.3, -0.25) is 0 Å². The van der Waals surface area contributed by atoms with Crippen LogP contribution in [-0.4, -0.2) is 24.6 Å². The fourth-order valence-electron chi connectivity index (χ4n) is 4.37. The first-order valence-electron chi connectivity index (χ1n) is 15.1. The molecular formula is C32H58O4.